The van der Waals surface area contributed by atoms with Crippen molar-refractivity contribution in [3.8, 4) is 5.75 Å². The van der Waals surface area contributed by atoms with Gasteiger partial charge in [-0.05, 0) is 43.5 Å². The number of carbonyl (C=O) groups excluding carboxylic acids is 5. The van der Waals surface area contributed by atoms with Gasteiger partial charge in [-0.1, -0.05) is 12.1 Å². The number of primary amides is 1. The maximum Gasteiger partial charge on any atom is 0.318 e. The molecule has 0 spiro atoms. The van der Waals surface area contributed by atoms with E-state index in [1.807, 2.05) is 0 Å². The molecular formula is C25H35N5O9S. The van der Waals surface area contributed by atoms with E-state index in [9.17, 15) is 39.0 Å². The number of aliphatic hydroxyl groups is 1. The summed E-state index contributed by atoms with van der Waals surface area (Å²) >= 11 is 3.83. The number of aromatic hydroxyl groups is 1. The first kappa shape index (κ1) is 32.7. The fourth-order valence-electron chi connectivity index (χ4n) is 4.27. The zero-order valence-corrected chi connectivity index (χ0v) is 22.6. The number of carbonyl (C=O) groups is 6. The summed E-state index contributed by atoms with van der Waals surface area (Å²) in [5.74, 6) is -5.55. The van der Waals surface area contributed by atoms with Gasteiger partial charge in [0.1, 0.15) is 17.0 Å². The number of benzene rings is 1. The van der Waals surface area contributed by atoms with Crippen LogP contribution in [0.15, 0.2) is 24.3 Å². The second-order valence-electron chi connectivity index (χ2n) is 9.58. The van der Waals surface area contributed by atoms with Crippen LogP contribution in [0, 0.1) is 5.92 Å². The summed E-state index contributed by atoms with van der Waals surface area (Å²) < 4.78 is 0. The minimum absolute atomic E-state index is 0.00887. The standard InChI is InChI=1S/C25H35N5O9S/c26-20(21(40)25(38)39)19(34)11-30-7-1-2-18(30)24(37)28-10-16(33)9-14(8-13-3-5-15(32)6-4-13)23(36)29-17(12-31)22(27)35/h3-6,14,17-18,20-21,31-32,40H,1-2,7-12,26H2,(H2,27,35)(H,28,37)(H,29,36)(H,38,39)/t14-,17+,18+,20-,21-/m1/s1. The number of rotatable bonds is 16. The SMILES string of the molecule is NC(=O)[C@H](CO)NC(=O)[C@@H](CC(=O)CNC(=O)[C@@H]1CCCN1CC(=O)[C@@H](N)[C@@H](S)C(=O)O)Cc1ccc(O)cc1. The van der Waals surface area contributed by atoms with E-state index in [2.05, 4.69) is 23.3 Å². The molecule has 2 rings (SSSR count). The number of hydrogen-bond acceptors (Lipinski definition) is 11. The molecule has 0 aromatic heterocycles. The van der Waals surface area contributed by atoms with Gasteiger partial charge in [0.05, 0.1) is 31.8 Å². The molecule has 3 amide bonds. The maximum atomic E-state index is 12.9. The Morgan fingerprint density at radius 3 is 2.35 bits per heavy atom. The van der Waals surface area contributed by atoms with Crippen LogP contribution in [0.25, 0.3) is 0 Å². The highest BCUT2D eigenvalue weighted by atomic mass is 32.1. The Balaban J connectivity index is 2.00. The second kappa shape index (κ2) is 15.3. The number of carboxylic acids is 1. The molecule has 5 atom stereocenters. The number of thiol groups is 1. The van der Waals surface area contributed by atoms with Gasteiger partial charge in [0, 0.05) is 12.3 Å². The highest BCUT2D eigenvalue weighted by Gasteiger charge is 2.35. The smallest absolute Gasteiger partial charge is 0.318 e. The van der Waals surface area contributed by atoms with E-state index >= 15 is 0 Å². The highest BCUT2D eigenvalue weighted by Crippen LogP contribution is 2.19. The fraction of sp³-hybridized carbons (Fsp3) is 0.520. The van der Waals surface area contributed by atoms with Crippen LogP contribution in [0.4, 0.5) is 0 Å². The Kier molecular flexibility index (Phi) is 12.5. The topological polar surface area (TPSA) is 242 Å². The van der Waals surface area contributed by atoms with E-state index in [1.54, 1.807) is 17.0 Å². The minimum atomic E-state index is -1.39. The number of aliphatic carboxylic acids is 1. The van der Waals surface area contributed by atoms with Crippen LogP contribution in [0.5, 0.6) is 5.75 Å². The van der Waals surface area contributed by atoms with Crippen LogP contribution in [-0.4, -0.2) is 105 Å². The fourth-order valence-corrected chi connectivity index (χ4v) is 4.43. The first-order valence-corrected chi connectivity index (χ1v) is 13.1. The van der Waals surface area contributed by atoms with Crippen LogP contribution in [0.1, 0.15) is 24.8 Å². The Morgan fingerprint density at radius 1 is 1.12 bits per heavy atom. The minimum Gasteiger partial charge on any atom is -0.508 e. The van der Waals surface area contributed by atoms with Crippen LogP contribution in [0.3, 0.4) is 0 Å². The van der Waals surface area contributed by atoms with E-state index in [-0.39, 0.29) is 25.1 Å². The molecule has 0 saturated carbocycles. The van der Waals surface area contributed by atoms with E-state index in [0.717, 1.165) is 0 Å². The summed E-state index contributed by atoms with van der Waals surface area (Å²) in [4.78, 5) is 74.9. The van der Waals surface area contributed by atoms with E-state index in [0.29, 0.717) is 24.9 Å². The number of ketones is 2. The average molecular weight is 582 g/mol. The van der Waals surface area contributed by atoms with Crippen LogP contribution < -0.4 is 22.1 Å². The first-order valence-electron chi connectivity index (χ1n) is 12.5. The molecule has 0 unspecified atom stereocenters. The quantitative estimate of drug-likeness (QED) is 0.0936. The summed E-state index contributed by atoms with van der Waals surface area (Å²) in [7, 11) is 0. The van der Waals surface area contributed by atoms with Crippen molar-refractivity contribution in [3.63, 3.8) is 0 Å². The maximum absolute atomic E-state index is 12.9. The zero-order valence-electron chi connectivity index (χ0n) is 21.7. The Hall–Kier alpha value is -3.53. The van der Waals surface area contributed by atoms with Crippen molar-refractivity contribution in [2.24, 2.45) is 17.4 Å². The molecule has 1 aliphatic rings. The van der Waals surface area contributed by atoms with Gasteiger partial charge in [0.2, 0.25) is 17.7 Å². The number of aliphatic hydroxyl groups excluding tert-OH is 1. The number of nitrogens with two attached hydrogens (primary N) is 2. The van der Waals surface area contributed by atoms with Gasteiger partial charge < -0.3 is 37.4 Å². The molecule has 15 heteroatoms. The number of Topliss-reactive ketones (excluding diaryl/α,β-unsaturated/α-hetero) is 2. The predicted octanol–water partition coefficient (Wildman–Crippen LogP) is -2.67. The van der Waals surface area contributed by atoms with E-state index in [4.69, 9.17) is 16.6 Å². The van der Waals surface area contributed by atoms with Gasteiger partial charge >= 0.3 is 5.97 Å². The van der Waals surface area contributed by atoms with Crippen LogP contribution in [-0.2, 0) is 35.2 Å². The largest absolute Gasteiger partial charge is 0.508 e. The molecule has 0 bridgehead atoms. The van der Waals surface area contributed by atoms with Gasteiger partial charge in [0.15, 0.2) is 11.6 Å². The zero-order chi connectivity index (χ0) is 30.0. The molecule has 1 fully saturated rings. The molecular weight excluding hydrogens is 546 g/mol. The van der Waals surface area contributed by atoms with Crippen molar-refractivity contribution in [2.45, 2.75) is 49.1 Å². The molecule has 220 valence electrons. The van der Waals surface area contributed by atoms with Gasteiger partial charge in [-0.25, -0.2) is 0 Å². The number of nitrogens with one attached hydrogen (secondary N) is 2. The second-order valence-corrected chi connectivity index (χ2v) is 10.1. The predicted molar refractivity (Wildman–Crippen MR) is 144 cm³/mol. The average Bonchev–Trinajstić information content (AvgIpc) is 3.37. The summed E-state index contributed by atoms with van der Waals surface area (Å²) in [6.45, 7) is -0.992. The number of amides is 3. The lowest BCUT2D eigenvalue weighted by Gasteiger charge is -2.25. The highest BCUT2D eigenvalue weighted by molar-refractivity contribution is 7.81. The normalized spacial score (nSPS) is 18.2. The van der Waals surface area contributed by atoms with Crippen molar-refractivity contribution >= 4 is 47.9 Å². The Labute approximate surface area is 235 Å². The molecule has 1 heterocycles. The number of hydrogen-bond donors (Lipinski definition) is 8. The summed E-state index contributed by atoms with van der Waals surface area (Å²) in [6, 6.07) is 2.51. The van der Waals surface area contributed by atoms with Gasteiger partial charge in [-0.2, -0.15) is 12.6 Å². The first-order chi connectivity index (χ1) is 18.8. The van der Waals surface area contributed by atoms with Crippen LogP contribution >= 0.6 is 12.6 Å². The number of phenolic OH excluding ortho intramolecular Hbond substituents is 1. The lowest BCUT2D eigenvalue weighted by molar-refractivity contribution is -0.139. The summed E-state index contributed by atoms with van der Waals surface area (Å²) in [6.07, 6.45) is 0.750. The van der Waals surface area contributed by atoms with E-state index in [1.165, 1.54) is 12.1 Å². The lowest BCUT2D eigenvalue weighted by atomic mass is 9.93. The van der Waals surface area contributed by atoms with Gasteiger partial charge in [-0.15, -0.1) is 0 Å². The summed E-state index contributed by atoms with van der Waals surface area (Å²) in [5, 5.41) is 31.3. The lowest BCUT2D eigenvalue weighted by Crippen LogP contribution is -2.51. The molecule has 1 aromatic carbocycles. The Bertz CT molecular complexity index is 1100. The molecule has 1 aliphatic heterocycles. The molecule has 1 saturated heterocycles. The van der Waals surface area contributed by atoms with Crippen molar-refractivity contribution in [3.05, 3.63) is 29.8 Å². The number of nitrogens with zero attached hydrogens (tertiary/aromatic N) is 1. The molecule has 14 nitrogen and oxygen atoms in total. The third-order valence-corrected chi connectivity index (χ3v) is 7.10. The van der Waals surface area contributed by atoms with Crippen LogP contribution in [0.2, 0.25) is 0 Å². The van der Waals surface area contributed by atoms with Gasteiger partial charge in [-0.3, -0.25) is 33.7 Å². The molecule has 1 aromatic rings. The third-order valence-electron chi connectivity index (χ3n) is 6.56. The Morgan fingerprint density at radius 2 is 1.77 bits per heavy atom. The van der Waals surface area contributed by atoms with Gasteiger partial charge in [0.25, 0.3) is 0 Å². The summed E-state index contributed by atoms with van der Waals surface area (Å²) in [5.41, 5.74) is 11.5. The number of carboxylic acid groups (broad SMARTS) is 1. The van der Waals surface area contributed by atoms with Crippen molar-refractivity contribution in [1.82, 2.24) is 15.5 Å². The third kappa shape index (κ3) is 9.59. The molecule has 0 aliphatic carbocycles. The molecule has 0 radical (unpaired) electrons. The van der Waals surface area contributed by atoms with E-state index < -0.39 is 77.7 Å². The number of phenols is 1. The molecule has 40 heavy (non-hydrogen) atoms. The van der Waals surface area contributed by atoms with Crippen molar-refractivity contribution < 1.29 is 44.1 Å². The van der Waals surface area contributed by atoms with Crippen molar-refractivity contribution in [2.75, 3.05) is 26.2 Å². The van der Waals surface area contributed by atoms with Crippen molar-refractivity contribution in [1.29, 1.82) is 0 Å². The monoisotopic (exact) mass is 581 g/mol. The molecule has 9 N–H and O–H groups in total. The number of likely N-dealkylation sites (tertiary alicyclic amines) is 1.